The van der Waals surface area contributed by atoms with Gasteiger partial charge in [0.25, 0.3) is 0 Å². The third-order valence-corrected chi connectivity index (χ3v) is 4.93. The lowest BCUT2D eigenvalue weighted by Gasteiger charge is -2.47. The molecule has 1 fully saturated rings. The number of hydrogen-bond donors (Lipinski definition) is 1. The van der Waals surface area contributed by atoms with Crippen LogP contribution in [0, 0.1) is 0 Å². The predicted molar refractivity (Wildman–Crippen MR) is 86.3 cm³/mol. The van der Waals surface area contributed by atoms with Crippen molar-refractivity contribution >= 4 is 0 Å². The van der Waals surface area contributed by atoms with Crippen LogP contribution in [0.1, 0.15) is 50.4 Å². The van der Waals surface area contributed by atoms with Crippen molar-refractivity contribution in [1.29, 1.82) is 0 Å². The zero-order valence-electron chi connectivity index (χ0n) is 13.0. The summed E-state index contributed by atoms with van der Waals surface area (Å²) in [7, 11) is 0. The van der Waals surface area contributed by atoms with Gasteiger partial charge in [-0.3, -0.25) is 4.68 Å². The van der Waals surface area contributed by atoms with Crippen molar-refractivity contribution in [3.63, 3.8) is 0 Å². The second-order valence-electron chi connectivity index (χ2n) is 6.57. The molecule has 1 unspecified atom stereocenters. The molecular weight excluding hydrogens is 258 g/mol. The molecule has 1 heterocycles. The van der Waals surface area contributed by atoms with Crippen LogP contribution in [0.4, 0.5) is 0 Å². The molecule has 0 amide bonds. The third-order valence-electron chi connectivity index (χ3n) is 4.93. The maximum absolute atomic E-state index is 6.61. The van der Waals surface area contributed by atoms with Gasteiger partial charge < -0.3 is 5.73 Å². The Morgan fingerprint density at radius 2 is 1.90 bits per heavy atom. The summed E-state index contributed by atoms with van der Waals surface area (Å²) >= 11 is 0. The Morgan fingerprint density at radius 3 is 2.43 bits per heavy atom. The van der Waals surface area contributed by atoms with E-state index in [0.29, 0.717) is 6.04 Å². The van der Waals surface area contributed by atoms with E-state index in [9.17, 15) is 0 Å². The Morgan fingerprint density at radius 1 is 1.19 bits per heavy atom. The SMILES string of the molecule is CC(C)n1ccc(CC(N)C2(c3ccccc3)CCC2)n1. The van der Waals surface area contributed by atoms with Gasteiger partial charge >= 0.3 is 0 Å². The summed E-state index contributed by atoms with van der Waals surface area (Å²) < 4.78 is 2.01. The highest BCUT2D eigenvalue weighted by molar-refractivity contribution is 5.31. The molecule has 3 rings (SSSR count). The molecule has 3 heteroatoms. The minimum absolute atomic E-state index is 0.143. The number of nitrogens with two attached hydrogens (primary N) is 1. The fraction of sp³-hybridized carbons (Fsp3) is 0.500. The fourth-order valence-electron chi connectivity index (χ4n) is 3.40. The van der Waals surface area contributed by atoms with Crippen molar-refractivity contribution in [1.82, 2.24) is 9.78 Å². The quantitative estimate of drug-likeness (QED) is 0.913. The third kappa shape index (κ3) is 2.62. The second kappa shape index (κ2) is 5.64. The molecule has 2 aromatic rings. The highest BCUT2D eigenvalue weighted by atomic mass is 15.3. The van der Waals surface area contributed by atoms with Gasteiger partial charge in [0, 0.05) is 30.1 Å². The molecule has 1 atom stereocenters. The smallest absolute Gasteiger partial charge is 0.0640 e. The van der Waals surface area contributed by atoms with E-state index < -0.39 is 0 Å². The van der Waals surface area contributed by atoms with E-state index in [0.717, 1.165) is 12.1 Å². The normalized spacial score (nSPS) is 18.5. The van der Waals surface area contributed by atoms with E-state index in [-0.39, 0.29) is 11.5 Å². The van der Waals surface area contributed by atoms with Crippen LogP contribution in [0.15, 0.2) is 42.6 Å². The largest absolute Gasteiger partial charge is 0.327 e. The van der Waals surface area contributed by atoms with Gasteiger partial charge in [-0.25, -0.2) is 0 Å². The molecule has 1 saturated carbocycles. The minimum atomic E-state index is 0.143. The Hall–Kier alpha value is -1.61. The standard InChI is InChI=1S/C18H25N3/c1-14(2)21-12-9-16(20-21)13-17(19)18(10-6-11-18)15-7-4-3-5-8-15/h3-5,7-9,12,14,17H,6,10-11,13,19H2,1-2H3. The highest BCUT2D eigenvalue weighted by Gasteiger charge is 2.43. The van der Waals surface area contributed by atoms with Gasteiger partial charge in [0.1, 0.15) is 0 Å². The van der Waals surface area contributed by atoms with Crippen LogP contribution in [0.25, 0.3) is 0 Å². The Labute approximate surface area is 127 Å². The van der Waals surface area contributed by atoms with Gasteiger partial charge in [0.15, 0.2) is 0 Å². The van der Waals surface area contributed by atoms with E-state index in [4.69, 9.17) is 5.73 Å². The van der Waals surface area contributed by atoms with Crippen LogP contribution in [0.3, 0.4) is 0 Å². The van der Waals surface area contributed by atoms with Crippen LogP contribution < -0.4 is 5.73 Å². The molecule has 21 heavy (non-hydrogen) atoms. The first-order valence-corrected chi connectivity index (χ1v) is 7.97. The van der Waals surface area contributed by atoms with Crippen molar-refractivity contribution in [2.75, 3.05) is 0 Å². The van der Waals surface area contributed by atoms with Crippen molar-refractivity contribution in [3.8, 4) is 0 Å². The number of benzene rings is 1. The van der Waals surface area contributed by atoms with Crippen molar-refractivity contribution < 1.29 is 0 Å². The molecule has 0 bridgehead atoms. The van der Waals surface area contributed by atoms with Gasteiger partial charge in [-0.05, 0) is 38.3 Å². The molecule has 1 aliphatic rings. The summed E-state index contributed by atoms with van der Waals surface area (Å²) in [6, 6.07) is 13.4. The minimum Gasteiger partial charge on any atom is -0.327 e. The monoisotopic (exact) mass is 283 g/mol. The lowest BCUT2D eigenvalue weighted by atomic mass is 9.59. The first-order valence-electron chi connectivity index (χ1n) is 7.97. The van der Waals surface area contributed by atoms with E-state index in [1.54, 1.807) is 0 Å². The van der Waals surface area contributed by atoms with E-state index >= 15 is 0 Å². The number of aromatic nitrogens is 2. The van der Waals surface area contributed by atoms with Crippen LogP contribution in [-0.2, 0) is 11.8 Å². The van der Waals surface area contributed by atoms with Crippen molar-refractivity contribution in [2.24, 2.45) is 5.73 Å². The van der Waals surface area contributed by atoms with Gasteiger partial charge in [-0.1, -0.05) is 36.8 Å². The van der Waals surface area contributed by atoms with E-state index in [1.807, 2.05) is 4.68 Å². The Bertz CT molecular complexity index is 582. The maximum atomic E-state index is 6.61. The molecule has 1 aromatic heterocycles. The van der Waals surface area contributed by atoms with Crippen LogP contribution in [-0.4, -0.2) is 15.8 Å². The fourth-order valence-corrected chi connectivity index (χ4v) is 3.40. The number of rotatable bonds is 5. The molecule has 1 aliphatic carbocycles. The van der Waals surface area contributed by atoms with E-state index in [1.165, 1.54) is 24.8 Å². The summed E-state index contributed by atoms with van der Waals surface area (Å²) in [5.41, 5.74) is 9.27. The molecule has 0 aliphatic heterocycles. The topological polar surface area (TPSA) is 43.8 Å². The summed E-state index contributed by atoms with van der Waals surface area (Å²) in [5.74, 6) is 0. The summed E-state index contributed by atoms with van der Waals surface area (Å²) in [5, 5.41) is 4.65. The van der Waals surface area contributed by atoms with Gasteiger partial charge in [0.2, 0.25) is 0 Å². The first kappa shape index (κ1) is 14.3. The van der Waals surface area contributed by atoms with Crippen molar-refractivity contribution in [3.05, 3.63) is 53.9 Å². The summed E-state index contributed by atoms with van der Waals surface area (Å²) in [6.45, 7) is 4.29. The molecule has 0 radical (unpaired) electrons. The highest BCUT2D eigenvalue weighted by Crippen LogP contribution is 2.46. The molecule has 112 valence electrons. The zero-order valence-corrected chi connectivity index (χ0v) is 13.0. The van der Waals surface area contributed by atoms with E-state index in [2.05, 4.69) is 61.5 Å². The lowest BCUT2D eigenvalue weighted by molar-refractivity contribution is 0.193. The van der Waals surface area contributed by atoms with Crippen LogP contribution in [0.5, 0.6) is 0 Å². The summed E-state index contributed by atoms with van der Waals surface area (Å²) in [4.78, 5) is 0. The molecule has 3 nitrogen and oxygen atoms in total. The maximum Gasteiger partial charge on any atom is 0.0640 e. The van der Waals surface area contributed by atoms with Crippen molar-refractivity contribution in [2.45, 2.75) is 57.0 Å². The molecule has 0 spiro atoms. The van der Waals surface area contributed by atoms with Gasteiger partial charge in [-0.2, -0.15) is 5.10 Å². The number of hydrogen-bond acceptors (Lipinski definition) is 2. The lowest BCUT2D eigenvalue weighted by Crippen LogP contribution is -2.51. The van der Waals surface area contributed by atoms with Gasteiger partial charge in [0.05, 0.1) is 5.69 Å². The predicted octanol–water partition coefficient (Wildman–Crippen LogP) is 3.46. The first-order chi connectivity index (χ1) is 10.1. The molecule has 1 aromatic carbocycles. The zero-order chi connectivity index (χ0) is 14.9. The molecule has 2 N–H and O–H groups in total. The van der Waals surface area contributed by atoms with Crippen LogP contribution in [0.2, 0.25) is 0 Å². The van der Waals surface area contributed by atoms with Crippen LogP contribution >= 0.6 is 0 Å². The average molecular weight is 283 g/mol. The average Bonchev–Trinajstić information content (AvgIpc) is 2.87. The van der Waals surface area contributed by atoms with Gasteiger partial charge in [-0.15, -0.1) is 0 Å². The Balaban J connectivity index is 1.78. The molecule has 0 saturated heterocycles. The molecular formula is C18H25N3. The second-order valence-corrected chi connectivity index (χ2v) is 6.57. The number of nitrogens with zero attached hydrogens (tertiary/aromatic N) is 2. The Kier molecular flexibility index (Phi) is 3.85. The summed E-state index contributed by atoms with van der Waals surface area (Å²) in [6.07, 6.45) is 6.59.